The molecule has 0 spiro atoms. The van der Waals surface area contributed by atoms with Crippen molar-refractivity contribution in [1.82, 2.24) is 33.7 Å². The first-order chi connectivity index (χ1) is 18.0. The molecule has 37 heavy (non-hydrogen) atoms. The van der Waals surface area contributed by atoms with Gasteiger partial charge >= 0.3 is 0 Å². The number of aromatic nitrogens is 7. The highest BCUT2D eigenvalue weighted by Gasteiger charge is 2.30. The molecule has 2 unspecified atom stereocenters. The fraction of sp³-hybridized carbons (Fsp3) is 0.480. The molecule has 1 aliphatic heterocycles. The summed E-state index contributed by atoms with van der Waals surface area (Å²) in [5, 5.41) is 7.74. The van der Waals surface area contributed by atoms with Crippen LogP contribution in [0, 0.1) is 0 Å². The summed E-state index contributed by atoms with van der Waals surface area (Å²) >= 11 is 0. The number of hydrogen-bond acceptors (Lipinski definition) is 9. The number of ether oxygens (including phenoxy) is 2. The third-order valence-corrected chi connectivity index (χ3v) is 8.04. The van der Waals surface area contributed by atoms with Gasteiger partial charge in [0.05, 0.1) is 34.9 Å². The molecule has 0 bridgehead atoms. The molecular formula is C25H30N8O3S. The zero-order valence-electron chi connectivity index (χ0n) is 20.9. The van der Waals surface area contributed by atoms with E-state index < -0.39 is 11.0 Å². The van der Waals surface area contributed by atoms with E-state index in [2.05, 4.69) is 43.8 Å². The lowest BCUT2D eigenvalue weighted by Gasteiger charge is -2.23. The SMILES string of the molecule is CC(C)n1c(COC2CCCCO2)nc2cnc(Nc3ccnc(-c4cnn(S(=O)C5CC5)c4)n3)cc21. The first-order valence-corrected chi connectivity index (χ1v) is 13.9. The minimum atomic E-state index is -1.13. The van der Waals surface area contributed by atoms with E-state index in [1.165, 1.54) is 4.09 Å². The Bertz CT molecular complexity index is 1420. The van der Waals surface area contributed by atoms with E-state index in [4.69, 9.17) is 14.5 Å². The van der Waals surface area contributed by atoms with Crippen molar-refractivity contribution < 1.29 is 13.7 Å². The number of fused-ring (bicyclic) bond motifs is 1. The summed E-state index contributed by atoms with van der Waals surface area (Å²) in [6.45, 7) is 5.39. The third kappa shape index (κ3) is 5.27. The van der Waals surface area contributed by atoms with Gasteiger partial charge in [-0.2, -0.15) is 9.19 Å². The standard InChI is InChI=1S/C25H30N8O3S/c1-16(2)33-20-11-22(27-13-19(20)29-23(33)15-36-24-5-3-4-10-35-24)30-21-8-9-26-25(31-21)17-12-28-32(14-17)37(34)18-6-7-18/h8-9,11-14,16,18,24H,3-7,10,15H2,1-2H3,(H,26,27,30,31). The summed E-state index contributed by atoms with van der Waals surface area (Å²) in [5.41, 5.74) is 2.49. The molecule has 1 saturated carbocycles. The number of nitrogens with zero attached hydrogens (tertiary/aromatic N) is 7. The summed E-state index contributed by atoms with van der Waals surface area (Å²) in [4.78, 5) is 18.3. The molecule has 1 saturated heterocycles. The summed E-state index contributed by atoms with van der Waals surface area (Å²) < 4.78 is 27.8. The van der Waals surface area contributed by atoms with Crippen molar-refractivity contribution in [1.29, 1.82) is 0 Å². The van der Waals surface area contributed by atoms with Crippen molar-refractivity contribution in [3.8, 4) is 11.4 Å². The molecule has 4 aromatic rings. The van der Waals surface area contributed by atoms with Crippen molar-refractivity contribution in [2.45, 2.75) is 70.1 Å². The normalized spacial score (nSPS) is 18.9. The Balaban J connectivity index is 1.21. The maximum absolute atomic E-state index is 12.4. The monoisotopic (exact) mass is 522 g/mol. The van der Waals surface area contributed by atoms with Gasteiger partial charge < -0.3 is 19.4 Å². The Morgan fingerprint density at radius 1 is 1.16 bits per heavy atom. The molecule has 1 N–H and O–H groups in total. The molecule has 194 valence electrons. The Hall–Kier alpha value is -3.22. The third-order valence-electron chi connectivity index (χ3n) is 6.43. The molecule has 0 amide bonds. The largest absolute Gasteiger partial charge is 0.353 e. The van der Waals surface area contributed by atoms with Gasteiger partial charge in [0.15, 0.2) is 12.1 Å². The Labute approximate surface area is 217 Å². The van der Waals surface area contributed by atoms with Crippen LogP contribution in [0.4, 0.5) is 11.6 Å². The number of anilines is 2. The van der Waals surface area contributed by atoms with Gasteiger partial charge in [-0.3, -0.25) is 0 Å². The summed E-state index contributed by atoms with van der Waals surface area (Å²) in [6, 6.07) is 3.95. The fourth-order valence-corrected chi connectivity index (χ4v) is 5.65. The number of rotatable bonds is 9. The lowest BCUT2D eigenvalue weighted by Crippen LogP contribution is -2.23. The molecule has 2 aliphatic rings. The van der Waals surface area contributed by atoms with Crippen LogP contribution in [0.2, 0.25) is 0 Å². The van der Waals surface area contributed by atoms with Crippen LogP contribution < -0.4 is 5.32 Å². The molecule has 5 heterocycles. The number of hydrogen-bond donors (Lipinski definition) is 1. The van der Waals surface area contributed by atoms with E-state index in [1.807, 2.05) is 6.07 Å². The van der Waals surface area contributed by atoms with E-state index in [1.54, 1.807) is 30.9 Å². The molecule has 0 radical (unpaired) electrons. The zero-order valence-corrected chi connectivity index (χ0v) is 21.7. The van der Waals surface area contributed by atoms with E-state index in [9.17, 15) is 4.21 Å². The zero-order chi connectivity index (χ0) is 25.4. The maximum atomic E-state index is 12.4. The number of imidazole rings is 1. The topological polar surface area (TPSA) is 122 Å². The van der Waals surface area contributed by atoms with E-state index in [-0.39, 0.29) is 17.6 Å². The van der Waals surface area contributed by atoms with Crippen LogP contribution in [0.25, 0.3) is 22.4 Å². The Kier molecular flexibility index (Phi) is 6.70. The van der Waals surface area contributed by atoms with Crippen LogP contribution in [0.1, 0.15) is 57.8 Å². The van der Waals surface area contributed by atoms with Gasteiger partial charge in [0.1, 0.15) is 40.6 Å². The van der Waals surface area contributed by atoms with Gasteiger partial charge in [0.2, 0.25) is 0 Å². The maximum Gasteiger partial charge on any atom is 0.164 e. The fourth-order valence-electron chi connectivity index (χ4n) is 4.44. The van der Waals surface area contributed by atoms with Crippen molar-refractivity contribution in [2.75, 3.05) is 11.9 Å². The number of pyridine rings is 1. The quantitative estimate of drug-likeness (QED) is 0.346. The van der Waals surface area contributed by atoms with Crippen molar-refractivity contribution in [2.24, 2.45) is 0 Å². The van der Waals surface area contributed by atoms with Crippen LogP contribution in [0.3, 0.4) is 0 Å². The average Bonchev–Trinajstić information content (AvgIpc) is 3.52. The minimum absolute atomic E-state index is 0.169. The predicted octanol–water partition coefficient (Wildman–Crippen LogP) is 4.13. The van der Waals surface area contributed by atoms with Gasteiger partial charge in [0, 0.05) is 24.9 Å². The van der Waals surface area contributed by atoms with Crippen molar-refractivity contribution in [3.63, 3.8) is 0 Å². The van der Waals surface area contributed by atoms with Crippen molar-refractivity contribution in [3.05, 3.63) is 42.7 Å². The van der Waals surface area contributed by atoms with Gasteiger partial charge in [0.25, 0.3) is 0 Å². The van der Waals surface area contributed by atoms with Crippen LogP contribution in [-0.2, 0) is 27.1 Å². The summed E-state index contributed by atoms with van der Waals surface area (Å²) in [5.74, 6) is 2.60. The van der Waals surface area contributed by atoms with Crippen molar-refractivity contribution >= 4 is 33.7 Å². The summed E-state index contributed by atoms with van der Waals surface area (Å²) in [6.07, 6.45) is 11.7. The van der Waals surface area contributed by atoms with Crippen LogP contribution >= 0.6 is 0 Å². The van der Waals surface area contributed by atoms with Crippen LogP contribution in [-0.4, -0.2) is 56.0 Å². The van der Waals surface area contributed by atoms with Gasteiger partial charge in [-0.15, -0.1) is 0 Å². The van der Waals surface area contributed by atoms with E-state index in [0.29, 0.717) is 29.6 Å². The number of nitrogens with one attached hydrogen (secondary N) is 1. The van der Waals surface area contributed by atoms with E-state index in [0.717, 1.165) is 55.6 Å². The van der Waals surface area contributed by atoms with Gasteiger partial charge in [-0.25, -0.2) is 24.1 Å². The summed E-state index contributed by atoms with van der Waals surface area (Å²) in [7, 11) is -1.13. The van der Waals surface area contributed by atoms with Gasteiger partial charge in [-0.05, 0) is 52.0 Å². The second-order valence-electron chi connectivity index (χ2n) is 9.65. The molecular weight excluding hydrogens is 492 g/mol. The van der Waals surface area contributed by atoms with Crippen LogP contribution in [0.15, 0.2) is 36.9 Å². The second kappa shape index (κ2) is 10.3. The molecule has 11 nitrogen and oxygen atoms in total. The Morgan fingerprint density at radius 2 is 2.05 bits per heavy atom. The molecule has 12 heteroatoms. The lowest BCUT2D eigenvalue weighted by atomic mass is 10.2. The van der Waals surface area contributed by atoms with Crippen LogP contribution in [0.5, 0.6) is 0 Å². The smallest absolute Gasteiger partial charge is 0.164 e. The Morgan fingerprint density at radius 3 is 2.84 bits per heavy atom. The highest BCUT2D eigenvalue weighted by molar-refractivity contribution is 7.84. The van der Waals surface area contributed by atoms with E-state index >= 15 is 0 Å². The highest BCUT2D eigenvalue weighted by atomic mass is 32.2. The molecule has 4 aromatic heterocycles. The predicted molar refractivity (Wildman–Crippen MR) is 139 cm³/mol. The molecule has 6 rings (SSSR count). The molecule has 1 aliphatic carbocycles. The molecule has 0 aromatic carbocycles. The lowest BCUT2D eigenvalue weighted by molar-refractivity contribution is -0.170. The molecule has 2 fully saturated rings. The first-order valence-electron chi connectivity index (χ1n) is 12.7. The highest BCUT2D eigenvalue weighted by Crippen LogP contribution is 2.28. The first kappa shape index (κ1) is 24.1. The molecule has 2 atom stereocenters. The minimum Gasteiger partial charge on any atom is -0.353 e. The average molecular weight is 523 g/mol. The second-order valence-corrected chi connectivity index (χ2v) is 11.2. The van der Waals surface area contributed by atoms with Gasteiger partial charge in [-0.1, -0.05) is 0 Å².